The van der Waals surface area contributed by atoms with Crippen LogP contribution in [0.2, 0.25) is 0 Å². The number of nitrogens with one attached hydrogen (secondary N) is 1. The maximum atomic E-state index is 13.8. The quantitative estimate of drug-likeness (QED) is 0.905. The normalized spacial score (nSPS) is 10.4. The van der Waals surface area contributed by atoms with Crippen molar-refractivity contribution in [2.75, 3.05) is 5.32 Å². The number of benzene rings is 2. The molecule has 0 spiro atoms. The predicted molar refractivity (Wildman–Crippen MR) is 73.4 cm³/mol. The fourth-order valence-corrected chi connectivity index (χ4v) is 1.78. The lowest BCUT2D eigenvalue weighted by atomic mass is 10.1. The van der Waals surface area contributed by atoms with Crippen molar-refractivity contribution in [3.05, 3.63) is 64.7 Å². The summed E-state index contributed by atoms with van der Waals surface area (Å²) in [4.78, 5) is 11.9. The molecule has 0 heterocycles. The van der Waals surface area contributed by atoms with Crippen molar-refractivity contribution in [1.82, 2.24) is 0 Å². The fourth-order valence-electron chi connectivity index (χ4n) is 1.78. The number of nitrogens with two attached hydrogens (primary N) is 1. The summed E-state index contributed by atoms with van der Waals surface area (Å²) in [6, 6.07) is 9.09. The molecule has 0 fully saturated rings. The van der Waals surface area contributed by atoms with Crippen molar-refractivity contribution in [3.63, 3.8) is 0 Å². The topological polar surface area (TPSA) is 55.1 Å². The first kappa shape index (κ1) is 14.1. The van der Waals surface area contributed by atoms with Crippen molar-refractivity contribution < 1.29 is 13.6 Å². The fraction of sp³-hybridized carbons (Fsp3) is 0.133. The van der Waals surface area contributed by atoms with E-state index >= 15 is 0 Å². The van der Waals surface area contributed by atoms with Crippen molar-refractivity contribution in [2.24, 2.45) is 5.73 Å². The molecule has 104 valence electrons. The molecule has 0 radical (unpaired) electrons. The highest BCUT2D eigenvalue weighted by Crippen LogP contribution is 2.18. The number of amides is 1. The zero-order valence-electron chi connectivity index (χ0n) is 10.9. The minimum Gasteiger partial charge on any atom is -0.326 e. The molecule has 0 saturated carbocycles. The van der Waals surface area contributed by atoms with Gasteiger partial charge in [0.2, 0.25) is 0 Å². The van der Waals surface area contributed by atoms with Crippen LogP contribution in [-0.2, 0) is 6.54 Å². The molecular formula is C15H14F2N2O. The molecule has 0 aliphatic carbocycles. The summed E-state index contributed by atoms with van der Waals surface area (Å²) in [5.74, 6) is -2.55. The standard InChI is InChI=1S/C15H14F2N2O/c1-9-2-7-12(16)13(14(9)17)15(20)19-11-5-3-10(8-18)4-6-11/h2-7H,8,18H2,1H3,(H,19,20). The van der Waals surface area contributed by atoms with Crippen LogP contribution in [0.1, 0.15) is 21.5 Å². The molecule has 20 heavy (non-hydrogen) atoms. The summed E-state index contributed by atoms with van der Waals surface area (Å²) in [7, 11) is 0. The van der Waals surface area contributed by atoms with E-state index in [0.717, 1.165) is 11.6 Å². The molecule has 5 heteroatoms. The van der Waals surface area contributed by atoms with Gasteiger partial charge >= 0.3 is 0 Å². The Morgan fingerprint density at radius 3 is 2.40 bits per heavy atom. The molecule has 2 rings (SSSR count). The number of carbonyl (C=O) groups is 1. The summed E-state index contributed by atoms with van der Waals surface area (Å²) >= 11 is 0. The third-order valence-corrected chi connectivity index (χ3v) is 2.96. The van der Waals surface area contributed by atoms with Gasteiger partial charge in [0.25, 0.3) is 5.91 Å². The SMILES string of the molecule is Cc1ccc(F)c(C(=O)Nc2ccc(CN)cc2)c1F. The molecule has 0 saturated heterocycles. The Hall–Kier alpha value is -2.27. The Morgan fingerprint density at radius 1 is 1.15 bits per heavy atom. The summed E-state index contributed by atoms with van der Waals surface area (Å²) in [5, 5.41) is 2.46. The summed E-state index contributed by atoms with van der Waals surface area (Å²) in [6.45, 7) is 1.86. The minimum atomic E-state index is -0.885. The second-order valence-electron chi connectivity index (χ2n) is 4.41. The van der Waals surface area contributed by atoms with E-state index in [1.165, 1.54) is 13.0 Å². The zero-order chi connectivity index (χ0) is 14.7. The smallest absolute Gasteiger partial charge is 0.261 e. The van der Waals surface area contributed by atoms with E-state index < -0.39 is 23.1 Å². The molecule has 1 amide bonds. The van der Waals surface area contributed by atoms with Crippen molar-refractivity contribution >= 4 is 11.6 Å². The largest absolute Gasteiger partial charge is 0.326 e. The third-order valence-electron chi connectivity index (χ3n) is 2.96. The summed E-state index contributed by atoms with van der Waals surface area (Å²) in [6.07, 6.45) is 0. The highest BCUT2D eigenvalue weighted by molar-refractivity contribution is 6.04. The van der Waals surface area contributed by atoms with Gasteiger partial charge in [0.05, 0.1) is 0 Å². The maximum Gasteiger partial charge on any atom is 0.261 e. The van der Waals surface area contributed by atoms with E-state index in [1.807, 2.05) is 0 Å². The number of carbonyl (C=O) groups excluding carboxylic acids is 1. The van der Waals surface area contributed by atoms with E-state index in [1.54, 1.807) is 24.3 Å². The van der Waals surface area contributed by atoms with Gasteiger partial charge in [-0.2, -0.15) is 0 Å². The van der Waals surface area contributed by atoms with Gasteiger partial charge in [-0.15, -0.1) is 0 Å². The molecule has 0 unspecified atom stereocenters. The van der Waals surface area contributed by atoms with Gasteiger partial charge in [0, 0.05) is 12.2 Å². The third kappa shape index (κ3) is 2.83. The van der Waals surface area contributed by atoms with Crippen molar-refractivity contribution in [3.8, 4) is 0 Å². The Kier molecular flexibility index (Phi) is 4.10. The Bertz CT molecular complexity index is 639. The minimum absolute atomic E-state index is 0.218. The van der Waals surface area contributed by atoms with Gasteiger partial charge in [-0.3, -0.25) is 4.79 Å². The molecule has 0 aromatic heterocycles. The van der Waals surface area contributed by atoms with E-state index in [2.05, 4.69) is 5.32 Å². The van der Waals surface area contributed by atoms with E-state index in [0.29, 0.717) is 12.2 Å². The van der Waals surface area contributed by atoms with Crippen LogP contribution >= 0.6 is 0 Å². The number of halogens is 2. The average molecular weight is 276 g/mol. The maximum absolute atomic E-state index is 13.8. The van der Waals surface area contributed by atoms with Gasteiger partial charge in [0.1, 0.15) is 17.2 Å². The average Bonchev–Trinajstić information content (AvgIpc) is 2.44. The highest BCUT2D eigenvalue weighted by Gasteiger charge is 2.19. The second-order valence-corrected chi connectivity index (χ2v) is 4.41. The Balaban J connectivity index is 2.26. The lowest BCUT2D eigenvalue weighted by Crippen LogP contribution is -2.16. The van der Waals surface area contributed by atoms with Crippen LogP contribution in [0.15, 0.2) is 36.4 Å². The van der Waals surface area contributed by atoms with Gasteiger partial charge in [-0.05, 0) is 36.2 Å². The number of aryl methyl sites for hydroxylation is 1. The first-order valence-corrected chi connectivity index (χ1v) is 6.08. The van der Waals surface area contributed by atoms with Crippen LogP contribution < -0.4 is 11.1 Å². The Labute approximate surface area is 115 Å². The van der Waals surface area contributed by atoms with Gasteiger partial charge < -0.3 is 11.1 Å². The molecule has 0 aliphatic heterocycles. The first-order chi connectivity index (χ1) is 9.52. The predicted octanol–water partition coefficient (Wildman–Crippen LogP) is 2.98. The van der Waals surface area contributed by atoms with E-state index in [9.17, 15) is 13.6 Å². The van der Waals surface area contributed by atoms with Crippen LogP contribution in [0.25, 0.3) is 0 Å². The molecule has 3 nitrogen and oxygen atoms in total. The highest BCUT2D eigenvalue weighted by atomic mass is 19.1. The lowest BCUT2D eigenvalue weighted by molar-refractivity contribution is 0.101. The Morgan fingerprint density at radius 2 is 1.80 bits per heavy atom. The number of hydrogen-bond acceptors (Lipinski definition) is 2. The summed E-state index contributed by atoms with van der Waals surface area (Å²) in [5.41, 5.74) is 6.45. The monoisotopic (exact) mass is 276 g/mol. The van der Waals surface area contributed by atoms with Gasteiger partial charge in [0.15, 0.2) is 0 Å². The zero-order valence-corrected chi connectivity index (χ0v) is 10.9. The van der Waals surface area contributed by atoms with E-state index in [4.69, 9.17) is 5.73 Å². The molecule has 2 aromatic rings. The number of hydrogen-bond donors (Lipinski definition) is 2. The molecule has 2 aromatic carbocycles. The molecular weight excluding hydrogens is 262 g/mol. The summed E-state index contributed by atoms with van der Waals surface area (Å²) < 4.78 is 27.4. The van der Waals surface area contributed by atoms with Gasteiger partial charge in [-0.25, -0.2) is 8.78 Å². The number of anilines is 1. The van der Waals surface area contributed by atoms with Crippen molar-refractivity contribution in [1.29, 1.82) is 0 Å². The van der Waals surface area contributed by atoms with Crippen LogP contribution in [-0.4, -0.2) is 5.91 Å². The van der Waals surface area contributed by atoms with Gasteiger partial charge in [-0.1, -0.05) is 18.2 Å². The molecule has 3 N–H and O–H groups in total. The molecule has 0 aliphatic rings. The molecule has 0 bridgehead atoms. The second kappa shape index (κ2) is 5.79. The van der Waals surface area contributed by atoms with Crippen LogP contribution in [0, 0.1) is 18.6 Å². The molecule has 0 atom stereocenters. The van der Waals surface area contributed by atoms with Crippen LogP contribution in [0.3, 0.4) is 0 Å². The first-order valence-electron chi connectivity index (χ1n) is 6.08. The van der Waals surface area contributed by atoms with Crippen LogP contribution in [0.4, 0.5) is 14.5 Å². The van der Waals surface area contributed by atoms with Crippen molar-refractivity contribution in [2.45, 2.75) is 13.5 Å². The van der Waals surface area contributed by atoms with E-state index in [-0.39, 0.29) is 5.56 Å². The lowest BCUT2D eigenvalue weighted by Gasteiger charge is -2.09. The number of rotatable bonds is 3. The van der Waals surface area contributed by atoms with Crippen LogP contribution in [0.5, 0.6) is 0 Å².